The maximum absolute atomic E-state index is 14.4. The van der Waals surface area contributed by atoms with Gasteiger partial charge < -0.3 is 10.4 Å². The first-order valence-electron chi connectivity index (χ1n) is 8.89. The molecule has 0 aliphatic carbocycles. The standard InChI is InChI=1S/C20H27FN2O2S2/c1-11(2)13-7-8-14(21)17(12(3)4)18(13)22-19(24)23-27-16-10-9-15(26-16)20(5,6)25/h7-12,25H,1-6H3,(H2,22,23,24). The molecule has 0 bridgehead atoms. The highest BCUT2D eigenvalue weighted by molar-refractivity contribution is 7.99. The van der Waals surface area contributed by atoms with Gasteiger partial charge in [-0.1, -0.05) is 33.8 Å². The Bertz CT molecular complexity index is 811. The van der Waals surface area contributed by atoms with E-state index in [-0.39, 0.29) is 17.7 Å². The van der Waals surface area contributed by atoms with E-state index in [1.807, 2.05) is 39.8 Å². The predicted octanol–water partition coefficient (Wildman–Crippen LogP) is 6.19. The lowest BCUT2D eigenvalue weighted by Gasteiger charge is -2.21. The van der Waals surface area contributed by atoms with Gasteiger partial charge in [-0.2, -0.15) is 0 Å². The fourth-order valence-corrected chi connectivity index (χ4v) is 4.42. The second-order valence-electron chi connectivity index (χ2n) is 7.57. The van der Waals surface area contributed by atoms with Crippen molar-refractivity contribution >= 4 is 35.0 Å². The molecule has 3 N–H and O–H groups in total. The minimum absolute atomic E-state index is 0.0571. The summed E-state index contributed by atoms with van der Waals surface area (Å²) < 4.78 is 18.0. The van der Waals surface area contributed by atoms with E-state index in [4.69, 9.17) is 0 Å². The van der Waals surface area contributed by atoms with E-state index < -0.39 is 11.6 Å². The van der Waals surface area contributed by atoms with Gasteiger partial charge in [0.05, 0.1) is 15.5 Å². The van der Waals surface area contributed by atoms with Gasteiger partial charge >= 0.3 is 6.03 Å². The van der Waals surface area contributed by atoms with E-state index in [1.54, 1.807) is 19.9 Å². The number of hydrogen-bond acceptors (Lipinski definition) is 4. The Morgan fingerprint density at radius 2 is 1.81 bits per heavy atom. The Balaban J connectivity index is 2.15. The number of hydrogen-bond donors (Lipinski definition) is 3. The van der Waals surface area contributed by atoms with Crippen molar-refractivity contribution in [1.82, 2.24) is 4.72 Å². The summed E-state index contributed by atoms with van der Waals surface area (Å²) in [7, 11) is 0. The molecule has 0 fully saturated rings. The van der Waals surface area contributed by atoms with Gasteiger partial charge in [0.1, 0.15) is 5.82 Å². The molecule has 0 atom stereocenters. The zero-order valence-electron chi connectivity index (χ0n) is 16.5. The lowest BCUT2D eigenvalue weighted by atomic mass is 9.92. The number of thiophene rings is 1. The lowest BCUT2D eigenvalue weighted by molar-refractivity contribution is 0.0825. The van der Waals surface area contributed by atoms with Crippen molar-refractivity contribution in [3.8, 4) is 0 Å². The normalized spacial score (nSPS) is 11.9. The molecule has 2 amide bonds. The Morgan fingerprint density at radius 1 is 1.15 bits per heavy atom. The molecule has 0 aliphatic heterocycles. The van der Waals surface area contributed by atoms with Gasteiger partial charge in [0.2, 0.25) is 0 Å². The van der Waals surface area contributed by atoms with Crippen molar-refractivity contribution < 1.29 is 14.3 Å². The number of carbonyl (C=O) groups excluding carboxylic acids is 1. The summed E-state index contributed by atoms with van der Waals surface area (Å²) in [6.45, 7) is 11.3. The average molecular weight is 411 g/mol. The second-order valence-corrected chi connectivity index (χ2v) is 9.76. The summed E-state index contributed by atoms with van der Waals surface area (Å²) in [4.78, 5) is 13.3. The molecule has 0 saturated carbocycles. The van der Waals surface area contributed by atoms with Gasteiger partial charge in [0.25, 0.3) is 0 Å². The molecule has 4 nitrogen and oxygen atoms in total. The third-order valence-corrected chi connectivity index (χ3v) is 6.41. The number of amides is 2. The first-order chi connectivity index (χ1) is 12.5. The molecule has 0 aliphatic rings. The van der Waals surface area contributed by atoms with Crippen LogP contribution in [-0.2, 0) is 5.60 Å². The van der Waals surface area contributed by atoms with E-state index in [0.29, 0.717) is 11.3 Å². The number of rotatable bonds is 6. The zero-order chi connectivity index (χ0) is 20.4. The Kier molecular flexibility index (Phi) is 6.94. The highest BCUT2D eigenvalue weighted by atomic mass is 32.2. The molecule has 1 aromatic heterocycles. The van der Waals surface area contributed by atoms with Gasteiger partial charge in [0.15, 0.2) is 0 Å². The van der Waals surface area contributed by atoms with E-state index in [1.165, 1.54) is 29.4 Å². The van der Waals surface area contributed by atoms with Crippen LogP contribution in [0, 0.1) is 5.82 Å². The third kappa shape index (κ3) is 5.46. The zero-order valence-corrected chi connectivity index (χ0v) is 18.1. The summed E-state index contributed by atoms with van der Waals surface area (Å²) in [5.41, 5.74) is 1.05. The molecule has 0 saturated heterocycles. The molecule has 148 valence electrons. The van der Waals surface area contributed by atoms with Gasteiger partial charge in [0, 0.05) is 10.4 Å². The van der Waals surface area contributed by atoms with Gasteiger partial charge in [-0.15, -0.1) is 11.3 Å². The van der Waals surface area contributed by atoms with Crippen LogP contribution in [-0.4, -0.2) is 11.1 Å². The maximum Gasteiger partial charge on any atom is 0.329 e. The summed E-state index contributed by atoms with van der Waals surface area (Å²) in [5, 5.41) is 12.9. The van der Waals surface area contributed by atoms with Crippen molar-refractivity contribution in [3.05, 3.63) is 46.1 Å². The molecule has 7 heteroatoms. The largest absolute Gasteiger partial charge is 0.385 e. The fourth-order valence-electron chi connectivity index (χ4n) is 2.74. The van der Waals surface area contributed by atoms with Crippen LogP contribution in [0.3, 0.4) is 0 Å². The Labute approximate surface area is 168 Å². The van der Waals surface area contributed by atoms with Gasteiger partial charge in [-0.25, -0.2) is 9.18 Å². The number of urea groups is 1. The van der Waals surface area contributed by atoms with Crippen LogP contribution in [0.1, 0.15) is 69.4 Å². The van der Waals surface area contributed by atoms with Crippen molar-refractivity contribution in [2.75, 3.05) is 5.32 Å². The van der Waals surface area contributed by atoms with Crippen LogP contribution in [0.4, 0.5) is 14.9 Å². The third-order valence-electron chi connectivity index (χ3n) is 4.09. The molecular weight excluding hydrogens is 383 g/mol. The SMILES string of the molecule is CC(C)c1ccc(F)c(C(C)C)c1NC(=O)NSc1ccc(C(C)(C)O)s1. The van der Waals surface area contributed by atoms with E-state index in [2.05, 4.69) is 10.0 Å². The smallest absolute Gasteiger partial charge is 0.329 e. The predicted molar refractivity (Wildman–Crippen MR) is 112 cm³/mol. The maximum atomic E-state index is 14.4. The fraction of sp³-hybridized carbons (Fsp3) is 0.450. The molecule has 0 radical (unpaired) electrons. The molecule has 2 rings (SSSR count). The summed E-state index contributed by atoms with van der Waals surface area (Å²) >= 11 is 2.59. The van der Waals surface area contributed by atoms with Gasteiger partial charge in [-0.3, -0.25) is 4.72 Å². The topological polar surface area (TPSA) is 61.4 Å². The molecule has 2 aromatic rings. The van der Waals surface area contributed by atoms with E-state index in [9.17, 15) is 14.3 Å². The lowest BCUT2D eigenvalue weighted by Crippen LogP contribution is -2.24. The average Bonchev–Trinajstić information content (AvgIpc) is 3.01. The molecule has 27 heavy (non-hydrogen) atoms. The van der Waals surface area contributed by atoms with Crippen molar-refractivity contribution in [3.63, 3.8) is 0 Å². The van der Waals surface area contributed by atoms with Crippen LogP contribution in [0.2, 0.25) is 0 Å². The second kappa shape index (κ2) is 8.63. The molecule has 0 spiro atoms. The minimum atomic E-state index is -0.911. The number of nitrogens with one attached hydrogen (secondary N) is 2. The summed E-state index contributed by atoms with van der Waals surface area (Å²) in [6, 6.07) is 6.47. The number of aliphatic hydroxyl groups is 1. The first kappa shape index (κ1) is 21.7. The van der Waals surface area contributed by atoms with Crippen LogP contribution >= 0.6 is 23.3 Å². The molecular formula is C20H27FN2O2S2. The molecule has 0 unspecified atom stereocenters. The number of halogens is 1. The van der Waals surface area contributed by atoms with Crippen LogP contribution in [0.15, 0.2) is 28.5 Å². The van der Waals surface area contributed by atoms with Crippen molar-refractivity contribution in [2.24, 2.45) is 0 Å². The number of anilines is 1. The first-order valence-corrected chi connectivity index (χ1v) is 10.5. The van der Waals surface area contributed by atoms with Crippen molar-refractivity contribution in [1.29, 1.82) is 0 Å². The summed E-state index contributed by atoms with van der Waals surface area (Å²) in [5.74, 6) is -0.221. The monoisotopic (exact) mass is 410 g/mol. The van der Waals surface area contributed by atoms with E-state index >= 15 is 0 Å². The molecule has 1 heterocycles. The van der Waals surface area contributed by atoms with Gasteiger partial charge in [-0.05, 0) is 61.4 Å². The highest BCUT2D eigenvalue weighted by Crippen LogP contribution is 2.35. The number of carbonyl (C=O) groups is 1. The summed E-state index contributed by atoms with van der Waals surface area (Å²) in [6.07, 6.45) is 0. The van der Waals surface area contributed by atoms with Crippen LogP contribution in [0.25, 0.3) is 0 Å². The van der Waals surface area contributed by atoms with E-state index in [0.717, 1.165) is 14.6 Å². The van der Waals surface area contributed by atoms with Crippen LogP contribution in [0.5, 0.6) is 0 Å². The minimum Gasteiger partial charge on any atom is -0.385 e. The molecule has 1 aromatic carbocycles. The van der Waals surface area contributed by atoms with Crippen LogP contribution < -0.4 is 10.0 Å². The number of benzene rings is 1. The highest BCUT2D eigenvalue weighted by Gasteiger charge is 2.21. The quantitative estimate of drug-likeness (QED) is 0.498. The Hall–Kier alpha value is -1.57. The van der Waals surface area contributed by atoms with Crippen molar-refractivity contribution in [2.45, 2.75) is 63.2 Å². The Morgan fingerprint density at radius 3 is 2.33 bits per heavy atom.